The van der Waals surface area contributed by atoms with Gasteiger partial charge in [-0.1, -0.05) is 35.8 Å². The lowest BCUT2D eigenvalue weighted by molar-refractivity contribution is 0.459. The number of nitrogens with two attached hydrogens (primary N) is 1. The molecule has 0 radical (unpaired) electrons. The summed E-state index contributed by atoms with van der Waals surface area (Å²) in [6, 6.07) is 6.21. The van der Waals surface area contributed by atoms with E-state index in [9.17, 15) is 0 Å². The van der Waals surface area contributed by atoms with Gasteiger partial charge >= 0.3 is 0 Å². The molecule has 0 saturated heterocycles. The van der Waals surface area contributed by atoms with E-state index < -0.39 is 0 Å². The SMILES string of the molecule is Cc1cc(Br)cc(C(N)Cc2ncnn2CC(C)C)c1. The number of aromatic nitrogens is 3. The summed E-state index contributed by atoms with van der Waals surface area (Å²) < 4.78 is 3.02. The number of aryl methyl sites for hydroxylation is 1. The molecule has 108 valence electrons. The zero-order valence-electron chi connectivity index (χ0n) is 12.2. The molecule has 2 rings (SSSR count). The van der Waals surface area contributed by atoms with E-state index >= 15 is 0 Å². The van der Waals surface area contributed by atoms with Gasteiger partial charge in [-0.3, -0.25) is 0 Å². The highest BCUT2D eigenvalue weighted by atomic mass is 79.9. The Bertz CT molecular complexity index is 557. The molecule has 2 N–H and O–H groups in total. The number of hydrogen-bond donors (Lipinski definition) is 1. The summed E-state index contributed by atoms with van der Waals surface area (Å²) in [5, 5.41) is 4.28. The minimum absolute atomic E-state index is 0.0682. The maximum Gasteiger partial charge on any atom is 0.138 e. The van der Waals surface area contributed by atoms with Crippen LogP contribution in [0.4, 0.5) is 0 Å². The summed E-state index contributed by atoms with van der Waals surface area (Å²) in [7, 11) is 0. The lowest BCUT2D eigenvalue weighted by atomic mass is 10.0. The van der Waals surface area contributed by atoms with E-state index in [0.29, 0.717) is 12.3 Å². The van der Waals surface area contributed by atoms with E-state index in [4.69, 9.17) is 5.73 Å². The second kappa shape index (κ2) is 6.50. The molecule has 0 bridgehead atoms. The van der Waals surface area contributed by atoms with Gasteiger partial charge in [0.25, 0.3) is 0 Å². The molecule has 1 aromatic heterocycles. The molecular weight excluding hydrogens is 316 g/mol. The minimum Gasteiger partial charge on any atom is -0.324 e. The number of nitrogens with zero attached hydrogens (tertiary/aromatic N) is 3. The second-order valence-electron chi connectivity index (χ2n) is 5.62. The first-order chi connectivity index (χ1) is 9.45. The van der Waals surface area contributed by atoms with Gasteiger partial charge in [-0.2, -0.15) is 5.10 Å². The smallest absolute Gasteiger partial charge is 0.138 e. The Morgan fingerprint density at radius 3 is 2.70 bits per heavy atom. The van der Waals surface area contributed by atoms with Gasteiger partial charge in [0, 0.05) is 23.5 Å². The standard InChI is InChI=1S/C15H21BrN4/c1-10(2)8-20-15(18-9-19-20)7-14(17)12-4-11(3)5-13(16)6-12/h4-6,9-10,14H,7-8,17H2,1-3H3. The van der Waals surface area contributed by atoms with Gasteiger partial charge < -0.3 is 5.73 Å². The molecule has 0 amide bonds. The van der Waals surface area contributed by atoms with Crippen LogP contribution in [-0.2, 0) is 13.0 Å². The van der Waals surface area contributed by atoms with Gasteiger partial charge in [0.1, 0.15) is 12.2 Å². The number of rotatable bonds is 5. The van der Waals surface area contributed by atoms with Crippen LogP contribution in [0.15, 0.2) is 29.0 Å². The third-order valence-electron chi connectivity index (χ3n) is 3.13. The Balaban J connectivity index is 2.15. The van der Waals surface area contributed by atoms with Crippen molar-refractivity contribution in [3.05, 3.63) is 46.0 Å². The Morgan fingerprint density at radius 2 is 2.05 bits per heavy atom. The molecule has 4 nitrogen and oxygen atoms in total. The predicted molar refractivity (Wildman–Crippen MR) is 84.4 cm³/mol. The first-order valence-electron chi connectivity index (χ1n) is 6.85. The molecule has 1 unspecified atom stereocenters. The summed E-state index contributed by atoms with van der Waals surface area (Å²) in [4.78, 5) is 4.34. The molecule has 0 aliphatic carbocycles. The van der Waals surface area contributed by atoms with Crippen LogP contribution in [-0.4, -0.2) is 14.8 Å². The van der Waals surface area contributed by atoms with Crippen LogP contribution in [0.3, 0.4) is 0 Å². The normalized spacial score (nSPS) is 12.9. The van der Waals surface area contributed by atoms with Crippen molar-refractivity contribution in [3.8, 4) is 0 Å². The zero-order chi connectivity index (χ0) is 14.7. The van der Waals surface area contributed by atoms with Gasteiger partial charge in [-0.15, -0.1) is 0 Å². The highest BCUT2D eigenvalue weighted by Crippen LogP contribution is 2.21. The van der Waals surface area contributed by atoms with Crippen molar-refractivity contribution in [1.29, 1.82) is 0 Å². The molecule has 5 heteroatoms. The van der Waals surface area contributed by atoms with Crippen molar-refractivity contribution in [2.45, 2.75) is 39.8 Å². The van der Waals surface area contributed by atoms with Crippen molar-refractivity contribution in [1.82, 2.24) is 14.8 Å². The molecule has 20 heavy (non-hydrogen) atoms. The molecule has 0 saturated carbocycles. The third-order valence-corrected chi connectivity index (χ3v) is 3.59. The maximum atomic E-state index is 6.32. The second-order valence-corrected chi connectivity index (χ2v) is 6.54. The fourth-order valence-corrected chi connectivity index (χ4v) is 2.86. The van der Waals surface area contributed by atoms with Gasteiger partial charge in [0.05, 0.1) is 0 Å². The zero-order valence-corrected chi connectivity index (χ0v) is 13.8. The van der Waals surface area contributed by atoms with E-state index in [-0.39, 0.29) is 6.04 Å². The quantitative estimate of drug-likeness (QED) is 0.911. The molecule has 1 atom stereocenters. The largest absolute Gasteiger partial charge is 0.324 e. The van der Waals surface area contributed by atoms with Gasteiger partial charge in [0.2, 0.25) is 0 Å². The molecule has 0 aliphatic rings. The number of benzene rings is 1. The van der Waals surface area contributed by atoms with E-state index in [2.05, 4.69) is 65.0 Å². The average molecular weight is 337 g/mol. The van der Waals surface area contributed by atoms with Crippen LogP contribution in [0.2, 0.25) is 0 Å². The first kappa shape index (κ1) is 15.2. The monoisotopic (exact) mass is 336 g/mol. The van der Waals surface area contributed by atoms with Crippen molar-refractivity contribution in [2.75, 3.05) is 0 Å². The van der Waals surface area contributed by atoms with E-state index in [1.165, 1.54) is 5.56 Å². The molecular formula is C15H21BrN4. The van der Waals surface area contributed by atoms with Crippen LogP contribution in [0.5, 0.6) is 0 Å². The maximum absolute atomic E-state index is 6.32. The van der Waals surface area contributed by atoms with Crippen molar-refractivity contribution < 1.29 is 0 Å². The fourth-order valence-electron chi connectivity index (χ4n) is 2.24. The molecule has 2 aromatic rings. The number of halogens is 1. The van der Waals surface area contributed by atoms with Crippen molar-refractivity contribution >= 4 is 15.9 Å². The molecule has 0 aliphatic heterocycles. The summed E-state index contributed by atoms with van der Waals surface area (Å²) in [5.74, 6) is 1.49. The van der Waals surface area contributed by atoms with E-state index in [1.807, 2.05) is 4.68 Å². The van der Waals surface area contributed by atoms with Crippen molar-refractivity contribution in [2.24, 2.45) is 11.7 Å². The third kappa shape index (κ3) is 3.90. The summed E-state index contributed by atoms with van der Waals surface area (Å²) >= 11 is 3.52. The fraction of sp³-hybridized carbons (Fsp3) is 0.467. The first-order valence-corrected chi connectivity index (χ1v) is 7.64. The van der Waals surface area contributed by atoms with E-state index in [1.54, 1.807) is 6.33 Å². The average Bonchev–Trinajstić information content (AvgIpc) is 2.74. The highest BCUT2D eigenvalue weighted by Gasteiger charge is 2.13. The van der Waals surface area contributed by atoms with E-state index in [0.717, 1.165) is 22.4 Å². The molecule has 0 fully saturated rings. The van der Waals surface area contributed by atoms with Gasteiger partial charge in [-0.25, -0.2) is 9.67 Å². The number of hydrogen-bond acceptors (Lipinski definition) is 3. The van der Waals surface area contributed by atoms with Crippen LogP contribution < -0.4 is 5.73 Å². The summed E-state index contributed by atoms with van der Waals surface area (Å²) in [5.41, 5.74) is 8.65. The topological polar surface area (TPSA) is 56.7 Å². The Labute approximate surface area is 128 Å². The summed E-state index contributed by atoms with van der Waals surface area (Å²) in [6.45, 7) is 7.29. The predicted octanol–water partition coefficient (Wildman–Crippen LogP) is 3.25. The Kier molecular flexibility index (Phi) is 4.94. The molecule has 0 spiro atoms. The molecule has 1 aromatic carbocycles. The van der Waals surface area contributed by atoms with Crippen LogP contribution in [0.1, 0.15) is 36.8 Å². The summed E-state index contributed by atoms with van der Waals surface area (Å²) in [6.07, 6.45) is 2.30. The Hall–Kier alpha value is -1.20. The Morgan fingerprint density at radius 1 is 1.30 bits per heavy atom. The van der Waals surface area contributed by atoms with Crippen LogP contribution in [0.25, 0.3) is 0 Å². The van der Waals surface area contributed by atoms with Crippen molar-refractivity contribution in [3.63, 3.8) is 0 Å². The lowest BCUT2D eigenvalue weighted by Crippen LogP contribution is -2.18. The minimum atomic E-state index is -0.0682. The van der Waals surface area contributed by atoms with Gasteiger partial charge in [-0.05, 0) is 36.1 Å². The van der Waals surface area contributed by atoms with Crippen LogP contribution in [0, 0.1) is 12.8 Å². The lowest BCUT2D eigenvalue weighted by Gasteiger charge is -2.14. The highest BCUT2D eigenvalue weighted by molar-refractivity contribution is 9.10. The molecule has 1 heterocycles. The van der Waals surface area contributed by atoms with Crippen LogP contribution >= 0.6 is 15.9 Å². The van der Waals surface area contributed by atoms with Gasteiger partial charge in [0.15, 0.2) is 0 Å².